The van der Waals surface area contributed by atoms with Gasteiger partial charge >= 0.3 is 0 Å². The highest BCUT2D eigenvalue weighted by Crippen LogP contribution is 2.38. The maximum Gasteiger partial charge on any atom is 0.192 e. The Morgan fingerprint density at radius 3 is 2.29 bits per heavy atom. The second-order valence-electron chi connectivity index (χ2n) is 6.66. The molecule has 0 aliphatic carbocycles. The van der Waals surface area contributed by atoms with Gasteiger partial charge in [0.25, 0.3) is 0 Å². The molecule has 4 heteroatoms. The number of epoxide rings is 1. The van der Waals surface area contributed by atoms with E-state index in [1.165, 1.54) is 0 Å². The molecule has 0 aromatic carbocycles. The number of hydrogen-bond donors (Lipinski definition) is 1. The van der Waals surface area contributed by atoms with E-state index in [0.29, 0.717) is 6.10 Å². The molecule has 0 unspecified atom stereocenters. The first kappa shape index (κ1) is 15.2. The molecule has 0 saturated carbocycles. The molecule has 1 aliphatic heterocycles. The van der Waals surface area contributed by atoms with Gasteiger partial charge in [0.05, 0.1) is 12.7 Å². The molecule has 3 atom stereocenters. The first-order valence-corrected chi connectivity index (χ1v) is 9.52. The van der Waals surface area contributed by atoms with E-state index >= 15 is 0 Å². The van der Waals surface area contributed by atoms with Crippen molar-refractivity contribution in [3.63, 3.8) is 0 Å². The zero-order chi connectivity index (χ0) is 13.3. The third-order valence-electron chi connectivity index (χ3n) is 4.03. The fourth-order valence-electron chi connectivity index (χ4n) is 1.73. The Kier molecular flexibility index (Phi) is 4.80. The van der Waals surface area contributed by atoms with Crippen LogP contribution in [-0.4, -0.2) is 38.3 Å². The van der Waals surface area contributed by atoms with Crippen LogP contribution in [0.5, 0.6) is 0 Å². The minimum Gasteiger partial charge on any atom is -0.414 e. The molecular weight excluding hydrogens is 232 g/mol. The normalized spacial score (nSPS) is 27.0. The first-order chi connectivity index (χ1) is 7.67. The van der Waals surface area contributed by atoms with Crippen molar-refractivity contribution < 1.29 is 14.3 Å². The van der Waals surface area contributed by atoms with Crippen LogP contribution in [0.25, 0.3) is 0 Å². The minimum atomic E-state index is -1.64. The maximum absolute atomic E-state index is 8.89. The van der Waals surface area contributed by atoms with Crippen LogP contribution in [0.2, 0.25) is 18.1 Å². The van der Waals surface area contributed by atoms with Gasteiger partial charge in [0.2, 0.25) is 0 Å². The second kappa shape index (κ2) is 5.39. The van der Waals surface area contributed by atoms with E-state index < -0.39 is 8.32 Å². The average Bonchev–Trinajstić information content (AvgIpc) is 2.90. The molecule has 0 aromatic rings. The minimum absolute atomic E-state index is 0.0927. The molecule has 3 nitrogen and oxygen atoms in total. The second-order valence-corrected chi connectivity index (χ2v) is 11.4. The summed E-state index contributed by atoms with van der Waals surface area (Å²) < 4.78 is 11.6. The number of rotatable bonds is 6. The van der Waals surface area contributed by atoms with Crippen LogP contribution in [0.4, 0.5) is 0 Å². The van der Waals surface area contributed by atoms with Crippen molar-refractivity contribution in [2.75, 3.05) is 6.61 Å². The highest BCUT2D eigenvalue weighted by molar-refractivity contribution is 6.74. The highest BCUT2D eigenvalue weighted by Gasteiger charge is 2.40. The van der Waals surface area contributed by atoms with Crippen molar-refractivity contribution in [3.8, 4) is 0 Å². The van der Waals surface area contributed by atoms with Crippen molar-refractivity contribution in [2.24, 2.45) is 0 Å². The van der Waals surface area contributed by atoms with E-state index in [1.807, 2.05) is 0 Å². The summed E-state index contributed by atoms with van der Waals surface area (Å²) >= 11 is 0. The van der Waals surface area contributed by atoms with Crippen LogP contribution in [0.1, 0.15) is 40.5 Å². The lowest BCUT2D eigenvalue weighted by Crippen LogP contribution is -2.43. The predicted molar refractivity (Wildman–Crippen MR) is 72.7 cm³/mol. The van der Waals surface area contributed by atoms with Gasteiger partial charge in [0.15, 0.2) is 8.32 Å². The highest BCUT2D eigenvalue weighted by atomic mass is 28.4. The molecule has 0 aromatic heterocycles. The van der Waals surface area contributed by atoms with Crippen LogP contribution >= 0.6 is 0 Å². The lowest BCUT2D eigenvalue weighted by Gasteiger charge is -2.38. The van der Waals surface area contributed by atoms with Gasteiger partial charge < -0.3 is 14.3 Å². The Morgan fingerprint density at radius 1 is 1.29 bits per heavy atom. The van der Waals surface area contributed by atoms with Gasteiger partial charge in [-0.25, -0.2) is 0 Å². The van der Waals surface area contributed by atoms with E-state index in [9.17, 15) is 0 Å². The number of aliphatic hydroxyl groups excluding tert-OH is 1. The van der Waals surface area contributed by atoms with E-state index in [0.717, 1.165) is 12.8 Å². The zero-order valence-corrected chi connectivity index (χ0v) is 13.1. The Hall–Kier alpha value is 0.0969. The monoisotopic (exact) mass is 260 g/mol. The molecule has 1 saturated heterocycles. The fourth-order valence-corrected chi connectivity index (χ4v) is 3.21. The summed E-state index contributed by atoms with van der Waals surface area (Å²) in [4.78, 5) is 0. The van der Waals surface area contributed by atoms with E-state index in [2.05, 4.69) is 40.8 Å². The van der Waals surface area contributed by atoms with Gasteiger partial charge in [-0.05, 0) is 37.9 Å². The molecule has 1 rings (SSSR count). The Labute approximate surface area is 107 Å². The Morgan fingerprint density at radius 2 is 1.88 bits per heavy atom. The van der Waals surface area contributed by atoms with E-state index in [1.54, 1.807) is 0 Å². The van der Waals surface area contributed by atoms with Gasteiger partial charge in [0, 0.05) is 6.10 Å². The molecule has 1 heterocycles. The van der Waals surface area contributed by atoms with Gasteiger partial charge in [-0.3, -0.25) is 0 Å². The third-order valence-corrected chi connectivity index (χ3v) is 8.63. The van der Waals surface area contributed by atoms with Crippen LogP contribution in [-0.2, 0) is 9.16 Å². The average molecular weight is 260 g/mol. The molecule has 102 valence electrons. The summed E-state index contributed by atoms with van der Waals surface area (Å²) in [6, 6.07) is 0. The molecular formula is C13H28O3Si. The van der Waals surface area contributed by atoms with Crippen LogP contribution < -0.4 is 0 Å². The summed E-state index contributed by atoms with van der Waals surface area (Å²) in [5.41, 5.74) is 0. The lowest BCUT2D eigenvalue weighted by molar-refractivity contribution is 0.181. The molecule has 0 amide bonds. The van der Waals surface area contributed by atoms with E-state index in [-0.39, 0.29) is 23.9 Å². The molecule has 0 spiro atoms. The van der Waals surface area contributed by atoms with E-state index in [4.69, 9.17) is 14.3 Å². The lowest BCUT2D eigenvalue weighted by atomic mass is 10.1. The van der Waals surface area contributed by atoms with Gasteiger partial charge in [-0.1, -0.05) is 20.8 Å². The fraction of sp³-hybridized carbons (Fsp3) is 1.00. The molecule has 1 N–H and O–H groups in total. The van der Waals surface area contributed by atoms with Crippen LogP contribution in [0, 0.1) is 0 Å². The Bertz CT molecular complexity index is 248. The predicted octanol–water partition coefficient (Wildman–Crippen LogP) is 2.94. The molecule has 1 fully saturated rings. The largest absolute Gasteiger partial charge is 0.414 e. The maximum atomic E-state index is 8.89. The topological polar surface area (TPSA) is 42.0 Å². The summed E-state index contributed by atoms with van der Waals surface area (Å²) in [5, 5.41) is 9.15. The molecule has 17 heavy (non-hydrogen) atoms. The quantitative estimate of drug-likeness (QED) is 0.590. The van der Waals surface area contributed by atoms with Crippen molar-refractivity contribution in [3.05, 3.63) is 0 Å². The smallest absolute Gasteiger partial charge is 0.192 e. The first-order valence-electron chi connectivity index (χ1n) is 6.61. The van der Waals surface area contributed by atoms with Crippen molar-refractivity contribution in [1.82, 2.24) is 0 Å². The molecule has 0 bridgehead atoms. The van der Waals surface area contributed by atoms with Crippen molar-refractivity contribution in [2.45, 2.75) is 77.0 Å². The van der Waals surface area contributed by atoms with Gasteiger partial charge in [-0.2, -0.15) is 0 Å². The van der Waals surface area contributed by atoms with Gasteiger partial charge in [0.1, 0.15) is 6.10 Å². The summed E-state index contributed by atoms with van der Waals surface area (Å²) in [7, 11) is -1.64. The third kappa shape index (κ3) is 4.36. The number of hydrogen-bond acceptors (Lipinski definition) is 3. The molecule has 0 radical (unpaired) electrons. The summed E-state index contributed by atoms with van der Waals surface area (Å²) in [5.74, 6) is 0. The SMILES string of the molecule is C[C@H](CC[C@@H]1O[C@H]1CO)O[Si](C)(C)C(C)(C)C. The summed E-state index contributed by atoms with van der Waals surface area (Å²) in [6.45, 7) is 13.7. The van der Waals surface area contributed by atoms with Gasteiger partial charge in [-0.15, -0.1) is 0 Å². The number of ether oxygens (including phenoxy) is 1. The van der Waals surface area contributed by atoms with Crippen LogP contribution in [0.15, 0.2) is 0 Å². The Balaban J connectivity index is 2.27. The molecule has 1 aliphatic rings. The van der Waals surface area contributed by atoms with Crippen molar-refractivity contribution >= 4 is 8.32 Å². The van der Waals surface area contributed by atoms with Crippen LogP contribution in [0.3, 0.4) is 0 Å². The summed E-state index contributed by atoms with van der Waals surface area (Å²) in [6.07, 6.45) is 2.68. The number of aliphatic hydroxyl groups is 1. The zero-order valence-electron chi connectivity index (χ0n) is 12.1. The van der Waals surface area contributed by atoms with Crippen molar-refractivity contribution in [1.29, 1.82) is 0 Å². The standard InChI is InChI=1S/C13H28O3Si/c1-10(7-8-11-12(9-14)15-11)16-17(5,6)13(2,3)4/h10-12,14H,7-9H2,1-6H3/t10-,11+,12+/m1/s1.